The van der Waals surface area contributed by atoms with Gasteiger partial charge in [-0.15, -0.1) is 0 Å². The van der Waals surface area contributed by atoms with Crippen LogP contribution in [-0.2, 0) is 9.84 Å². The molecule has 0 aliphatic rings. The lowest BCUT2D eigenvalue weighted by Crippen LogP contribution is -2.35. The molecule has 0 saturated heterocycles. The molecule has 0 heterocycles. The topological polar surface area (TPSA) is 72.2 Å². The molecule has 0 rings (SSSR count). The standard InChI is InChI=1S/C6H14N2O2S/c1-3-11(9,10)6(2)8-5-4-7/h3,6,8H,1,4-5,7H2,2H3. The molecule has 0 aliphatic carbocycles. The lowest BCUT2D eigenvalue weighted by Gasteiger charge is -2.10. The summed E-state index contributed by atoms with van der Waals surface area (Å²) in [5, 5.41) is 3.09. The summed E-state index contributed by atoms with van der Waals surface area (Å²) in [6.45, 7) is 5.69. The van der Waals surface area contributed by atoms with Crippen molar-refractivity contribution in [3.63, 3.8) is 0 Å². The summed E-state index contributed by atoms with van der Waals surface area (Å²) < 4.78 is 22.0. The van der Waals surface area contributed by atoms with Crippen LogP contribution in [0.25, 0.3) is 0 Å². The van der Waals surface area contributed by atoms with Gasteiger partial charge in [0, 0.05) is 18.5 Å². The van der Waals surface area contributed by atoms with E-state index in [0.717, 1.165) is 5.41 Å². The highest BCUT2D eigenvalue weighted by Crippen LogP contribution is 1.97. The minimum absolute atomic E-state index is 0.428. The maximum absolute atomic E-state index is 11.0. The lowest BCUT2D eigenvalue weighted by atomic mass is 10.6. The van der Waals surface area contributed by atoms with E-state index in [1.807, 2.05) is 0 Å². The van der Waals surface area contributed by atoms with Gasteiger partial charge < -0.3 is 5.73 Å². The molecule has 0 spiro atoms. The molecule has 3 N–H and O–H groups in total. The molecule has 0 amide bonds. The van der Waals surface area contributed by atoms with Gasteiger partial charge in [0.2, 0.25) is 0 Å². The van der Waals surface area contributed by atoms with E-state index in [1.165, 1.54) is 0 Å². The highest BCUT2D eigenvalue weighted by Gasteiger charge is 2.14. The summed E-state index contributed by atoms with van der Waals surface area (Å²) in [4.78, 5) is 0. The fourth-order valence-corrected chi connectivity index (χ4v) is 1.19. The van der Waals surface area contributed by atoms with Crippen LogP contribution >= 0.6 is 0 Å². The molecule has 0 saturated carbocycles. The van der Waals surface area contributed by atoms with Gasteiger partial charge in [-0.25, -0.2) is 8.42 Å². The second-order valence-electron chi connectivity index (χ2n) is 2.14. The highest BCUT2D eigenvalue weighted by molar-refractivity contribution is 7.94. The van der Waals surface area contributed by atoms with E-state index in [0.29, 0.717) is 13.1 Å². The van der Waals surface area contributed by atoms with E-state index < -0.39 is 15.2 Å². The van der Waals surface area contributed by atoms with Crippen LogP contribution in [0.5, 0.6) is 0 Å². The van der Waals surface area contributed by atoms with Gasteiger partial charge >= 0.3 is 0 Å². The lowest BCUT2D eigenvalue weighted by molar-refractivity contribution is 0.570. The molecule has 0 fully saturated rings. The van der Waals surface area contributed by atoms with E-state index in [4.69, 9.17) is 5.73 Å². The van der Waals surface area contributed by atoms with Crippen LogP contribution in [0, 0.1) is 0 Å². The van der Waals surface area contributed by atoms with E-state index in [-0.39, 0.29) is 0 Å². The predicted molar refractivity (Wildman–Crippen MR) is 45.6 cm³/mol. The SMILES string of the molecule is C=CS(=O)(=O)C(C)NCCN. The Morgan fingerprint density at radius 3 is 2.64 bits per heavy atom. The van der Waals surface area contributed by atoms with Crippen LogP contribution < -0.4 is 11.1 Å². The van der Waals surface area contributed by atoms with Crippen molar-refractivity contribution in [3.05, 3.63) is 12.0 Å². The molecular formula is C6H14N2O2S. The monoisotopic (exact) mass is 178 g/mol. The molecule has 0 bridgehead atoms. The van der Waals surface area contributed by atoms with Crippen molar-refractivity contribution < 1.29 is 8.42 Å². The summed E-state index contributed by atoms with van der Waals surface area (Å²) >= 11 is 0. The van der Waals surface area contributed by atoms with Gasteiger partial charge in [0.1, 0.15) is 5.37 Å². The van der Waals surface area contributed by atoms with Crippen molar-refractivity contribution in [2.24, 2.45) is 5.73 Å². The number of rotatable bonds is 5. The third-order valence-electron chi connectivity index (χ3n) is 1.30. The first-order valence-electron chi connectivity index (χ1n) is 3.34. The van der Waals surface area contributed by atoms with E-state index in [2.05, 4.69) is 11.9 Å². The van der Waals surface area contributed by atoms with E-state index >= 15 is 0 Å². The van der Waals surface area contributed by atoms with Crippen LogP contribution in [0.2, 0.25) is 0 Å². The van der Waals surface area contributed by atoms with Crippen LogP contribution in [0.15, 0.2) is 12.0 Å². The van der Waals surface area contributed by atoms with Gasteiger partial charge in [-0.05, 0) is 6.92 Å². The van der Waals surface area contributed by atoms with Crippen molar-refractivity contribution in [1.29, 1.82) is 0 Å². The van der Waals surface area contributed by atoms with Gasteiger partial charge in [0.25, 0.3) is 0 Å². The Kier molecular flexibility index (Phi) is 4.32. The highest BCUT2D eigenvalue weighted by atomic mass is 32.2. The van der Waals surface area contributed by atoms with Crippen LogP contribution in [0.3, 0.4) is 0 Å². The number of hydrogen-bond acceptors (Lipinski definition) is 4. The number of hydrogen-bond donors (Lipinski definition) is 2. The zero-order valence-corrected chi connectivity index (χ0v) is 7.39. The third-order valence-corrected chi connectivity index (χ3v) is 2.92. The molecule has 0 aromatic rings. The quantitative estimate of drug-likeness (QED) is 0.592. The van der Waals surface area contributed by atoms with Gasteiger partial charge in [-0.2, -0.15) is 0 Å². The molecule has 0 radical (unpaired) electrons. The van der Waals surface area contributed by atoms with E-state index in [1.54, 1.807) is 6.92 Å². The average molecular weight is 178 g/mol. The molecule has 1 unspecified atom stereocenters. The number of nitrogens with two attached hydrogens (primary N) is 1. The number of nitrogens with one attached hydrogen (secondary N) is 1. The molecule has 66 valence electrons. The fraction of sp³-hybridized carbons (Fsp3) is 0.667. The van der Waals surface area contributed by atoms with Crippen LogP contribution in [0.4, 0.5) is 0 Å². The molecule has 1 atom stereocenters. The normalized spacial score (nSPS) is 14.4. The molecule has 4 nitrogen and oxygen atoms in total. The molecule has 5 heteroatoms. The van der Waals surface area contributed by atoms with Crippen LogP contribution in [-0.4, -0.2) is 26.9 Å². The second-order valence-corrected chi connectivity index (χ2v) is 4.36. The molecule has 0 aliphatic heterocycles. The fourth-order valence-electron chi connectivity index (χ4n) is 0.547. The second kappa shape index (κ2) is 4.48. The van der Waals surface area contributed by atoms with Crippen LogP contribution in [0.1, 0.15) is 6.92 Å². The summed E-state index contributed by atoms with van der Waals surface area (Å²) in [5.74, 6) is 0. The van der Waals surface area contributed by atoms with Gasteiger partial charge in [0.15, 0.2) is 9.84 Å². The van der Waals surface area contributed by atoms with Crippen molar-refractivity contribution in [2.75, 3.05) is 13.1 Å². The Labute approximate surface area is 67.4 Å². The summed E-state index contributed by atoms with van der Waals surface area (Å²) in [6.07, 6.45) is 0. The van der Waals surface area contributed by atoms with Crippen molar-refractivity contribution >= 4 is 9.84 Å². The first-order valence-corrected chi connectivity index (χ1v) is 4.95. The predicted octanol–water partition coefficient (Wildman–Crippen LogP) is -0.561. The summed E-state index contributed by atoms with van der Waals surface area (Å²) in [7, 11) is -3.17. The molecule has 0 aromatic carbocycles. The largest absolute Gasteiger partial charge is 0.329 e. The van der Waals surface area contributed by atoms with Gasteiger partial charge in [0.05, 0.1) is 0 Å². The van der Waals surface area contributed by atoms with Gasteiger partial charge in [-0.1, -0.05) is 6.58 Å². The Bertz CT molecular complexity index is 211. The zero-order valence-electron chi connectivity index (χ0n) is 6.58. The summed E-state index contributed by atoms with van der Waals surface area (Å²) in [6, 6.07) is 0. The first-order chi connectivity index (χ1) is 5.04. The minimum Gasteiger partial charge on any atom is -0.329 e. The molecular weight excluding hydrogens is 164 g/mol. The zero-order chi connectivity index (χ0) is 8.91. The first kappa shape index (κ1) is 10.6. The van der Waals surface area contributed by atoms with E-state index in [9.17, 15) is 8.42 Å². The van der Waals surface area contributed by atoms with Crippen molar-refractivity contribution in [3.8, 4) is 0 Å². The molecule has 11 heavy (non-hydrogen) atoms. The van der Waals surface area contributed by atoms with Gasteiger partial charge in [-0.3, -0.25) is 5.32 Å². The minimum atomic E-state index is -3.17. The average Bonchev–Trinajstić information content (AvgIpc) is 2.00. The molecule has 0 aromatic heterocycles. The Morgan fingerprint density at radius 1 is 1.73 bits per heavy atom. The maximum Gasteiger partial charge on any atom is 0.186 e. The Balaban J connectivity index is 4.03. The summed E-state index contributed by atoms with van der Waals surface area (Å²) in [5.41, 5.74) is 5.18. The Morgan fingerprint density at radius 2 is 2.27 bits per heavy atom. The Hall–Kier alpha value is -0.390. The number of sulfone groups is 1. The third kappa shape index (κ3) is 3.50. The maximum atomic E-state index is 11.0. The van der Waals surface area contributed by atoms with Crippen molar-refractivity contribution in [1.82, 2.24) is 5.32 Å². The van der Waals surface area contributed by atoms with Crippen molar-refractivity contribution in [2.45, 2.75) is 12.3 Å². The smallest absolute Gasteiger partial charge is 0.186 e.